The second-order valence-corrected chi connectivity index (χ2v) is 6.26. The number of rotatable bonds is 5. The average Bonchev–Trinajstić information content (AvgIpc) is 2.80. The van der Waals surface area contributed by atoms with Crippen LogP contribution >= 0.6 is 11.5 Å². The third-order valence-corrected chi connectivity index (χ3v) is 4.52. The van der Waals surface area contributed by atoms with E-state index < -0.39 is 0 Å². The topological polar surface area (TPSA) is 58.0 Å². The summed E-state index contributed by atoms with van der Waals surface area (Å²) in [6, 6.07) is 0. The van der Waals surface area contributed by atoms with Crippen molar-refractivity contribution in [2.45, 2.75) is 57.9 Å². The fraction of sp³-hybridized carbons (Fsp3) is 0.846. The summed E-state index contributed by atoms with van der Waals surface area (Å²) in [4.78, 5) is 4.49. The summed E-state index contributed by atoms with van der Waals surface area (Å²) in [5.74, 6) is 1.69. The summed E-state index contributed by atoms with van der Waals surface area (Å²) in [6.45, 7) is 4.60. The first-order valence-electron chi connectivity index (χ1n) is 6.89. The van der Waals surface area contributed by atoms with Crippen molar-refractivity contribution in [2.24, 2.45) is 5.92 Å². The van der Waals surface area contributed by atoms with Crippen LogP contribution in [0.15, 0.2) is 0 Å². The van der Waals surface area contributed by atoms with Gasteiger partial charge in [-0.2, -0.15) is 4.37 Å². The lowest BCUT2D eigenvalue weighted by atomic mass is 9.78. The molecule has 0 atom stereocenters. The van der Waals surface area contributed by atoms with Gasteiger partial charge in [0.15, 0.2) is 0 Å². The number of nitrogens with one attached hydrogen (secondary N) is 1. The van der Waals surface area contributed by atoms with Crippen LogP contribution in [0.1, 0.15) is 51.8 Å². The molecule has 2 rings (SSSR count). The molecule has 0 saturated heterocycles. The molecule has 102 valence electrons. The van der Waals surface area contributed by atoms with Gasteiger partial charge in [0.25, 0.3) is 0 Å². The van der Waals surface area contributed by atoms with Crippen molar-refractivity contribution in [2.75, 3.05) is 11.9 Å². The van der Waals surface area contributed by atoms with E-state index in [1.54, 1.807) is 0 Å². The Morgan fingerprint density at radius 3 is 2.78 bits per heavy atom. The molecule has 1 heterocycles. The Bertz CT molecular complexity index is 372. The summed E-state index contributed by atoms with van der Waals surface area (Å²) in [5, 5.41) is 14.0. The van der Waals surface area contributed by atoms with E-state index in [4.69, 9.17) is 0 Å². The van der Waals surface area contributed by atoms with Crippen LogP contribution < -0.4 is 5.32 Å². The van der Waals surface area contributed by atoms with E-state index in [2.05, 4.69) is 28.5 Å². The van der Waals surface area contributed by atoms with E-state index in [1.807, 2.05) is 0 Å². The van der Waals surface area contributed by atoms with Gasteiger partial charge in [-0.15, -0.1) is 0 Å². The monoisotopic (exact) mass is 269 g/mol. The lowest BCUT2D eigenvalue weighted by Gasteiger charge is -2.38. The zero-order chi connectivity index (χ0) is 13.0. The van der Waals surface area contributed by atoms with Gasteiger partial charge in [0.05, 0.1) is 12.1 Å². The minimum atomic E-state index is -0.171. The Morgan fingerprint density at radius 2 is 2.17 bits per heavy atom. The average molecular weight is 269 g/mol. The Kier molecular flexibility index (Phi) is 4.56. The predicted molar refractivity (Wildman–Crippen MR) is 75.0 cm³/mol. The molecule has 2 N–H and O–H groups in total. The predicted octanol–water partition coefficient (Wildman–Crippen LogP) is 2.84. The summed E-state index contributed by atoms with van der Waals surface area (Å²) < 4.78 is 4.34. The second kappa shape index (κ2) is 5.97. The van der Waals surface area contributed by atoms with E-state index in [0.717, 1.165) is 42.6 Å². The Labute approximate surface area is 113 Å². The standard InChI is InChI=1S/C13H23N3OS/c1-3-4-11-14-12(18-16-11)15-13(9-17)7-5-10(2)6-8-13/h10,17H,3-9H2,1-2H3,(H,14,15,16). The van der Waals surface area contributed by atoms with E-state index in [9.17, 15) is 5.11 Å². The number of aryl methyl sites for hydroxylation is 1. The van der Waals surface area contributed by atoms with Crippen molar-refractivity contribution < 1.29 is 5.11 Å². The van der Waals surface area contributed by atoms with Crippen LogP contribution in [-0.2, 0) is 6.42 Å². The highest BCUT2D eigenvalue weighted by Crippen LogP contribution is 2.34. The molecular formula is C13H23N3OS. The maximum Gasteiger partial charge on any atom is 0.203 e. The summed E-state index contributed by atoms with van der Waals surface area (Å²) in [7, 11) is 0. The van der Waals surface area contributed by atoms with Crippen LogP contribution in [0.5, 0.6) is 0 Å². The first-order valence-corrected chi connectivity index (χ1v) is 7.66. The van der Waals surface area contributed by atoms with Crippen LogP contribution in [0, 0.1) is 5.92 Å². The van der Waals surface area contributed by atoms with Crippen molar-refractivity contribution in [3.8, 4) is 0 Å². The lowest BCUT2D eigenvalue weighted by molar-refractivity contribution is 0.155. The highest BCUT2D eigenvalue weighted by atomic mass is 32.1. The minimum Gasteiger partial charge on any atom is -0.394 e. The zero-order valence-corrected chi connectivity index (χ0v) is 12.1. The maximum absolute atomic E-state index is 9.69. The fourth-order valence-corrected chi connectivity index (χ4v) is 3.23. The number of aliphatic hydroxyl groups excluding tert-OH is 1. The second-order valence-electron chi connectivity index (χ2n) is 5.51. The molecule has 0 unspecified atom stereocenters. The molecule has 1 aliphatic carbocycles. The first kappa shape index (κ1) is 13.7. The highest BCUT2D eigenvalue weighted by molar-refractivity contribution is 7.09. The van der Waals surface area contributed by atoms with Crippen LogP contribution in [-0.4, -0.2) is 26.6 Å². The first-order chi connectivity index (χ1) is 8.67. The summed E-state index contributed by atoms with van der Waals surface area (Å²) in [5.41, 5.74) is -0.171. The number of nitrogens with zero attached hydrogens (tertiary/aromatic N) is 2. The molecule has 1 aromatic rings. The molecule has 0 amide bonds. The number of aliphatic hydroxyl groups is 1. The molecule has 0 radical (unpaired) electrons. The minimum absolute atomic E-state index is 0.171. The Morgan fingerprint density at radius 1 is 1.44 bits per heavy atom. The van der Waals surface area contributed by atoms with Crippen molar-refractivity contribution in [1.29, 1.82) is 0 Å². The van der Waals surface area contributed by atoms with Crippen molar-refractivity contribution >= 4 is 16.7 Å². The van der Waals surface area contributed by atoms with Crippen LogP contribution in [0.3, 0.4) is 0 Å². The SMILES string of the molecule is CCCc1nsc(NC2(CO)CCC(C)CC2)n1. The number of hydrogen-bond acceptors (Lipinski definition) is 5. The molecule has 18 heavy (non-hydrogen) atoms. The summed E-state index contributed by atoms with van der Waals surface area (Å²) in [6.07, 6.45) is 6.39. The molecule has 4 nitrogen and oxygen atoms in total. The number of hydrogen-bond donors (Lipinski definition) is 2. The normalized spacial score (nSPS) is 28.3. The van der Waals surface area contributed by atoms with Gasteiger partial charge in [-0.3, -0.25) is 0 Å². The molecule has 1 saturated carbocycles. The molecular weight excluding hydrogens is 246 g/mol. The van der Waals surface area contributed by atoms with Crippen LogP contribution in [0.4, 0.5) is 5.13 Å². The van der Waals surface area contributed by atoms with E-state index in [1.165, 1.54) is 24.4 Å². The van der Waals surface area contributed by atoms with Gasteiger partial charge in [-0.05, 0) is 38.0 Å². The van der Waals surface area contributed by atoms with E-state index in [-0.39, 0.29) is 12.1 Å². The Balaban J connectivity index is 2.00. The van der Waals surface area contributed by atoms with Gasteiger partial charge in [-0.25, -0.2) is 4.98 Å². The summed E-state index contributed by atoms with van der Waals surface area (Å²) >= 11 is 1.41. The van der Waals surface area contributed by atoms with Gasteiger partial charge >= 0.3 is 0 Å². The smallest absolute Gasteiger partial charge is 0.203 e. The molecule has 0 aliphatic heterocycles. The van der Waals surface area contributed by atoms with Gasteiger partial charge < -0.3 is 10.4 Å². The largest absolute Gasteiger partial charge is 0.394 e. The van der Waals surface area contributed by atoms with Gasteiger partial charge in [-0.1, -0.05) is 13.8 Å². The maximum atomic E-state index is 9.69. The fourth-order valence-electron chi connectivity index (χ4n) is 2.49. The molecule has 0 spiro atoms. The van der Waals surface area contributed by atoms with Gasteiger partial charge in [0, 0.05) is 18.0 Å². The number of anilines is 1. The molecule has 1 aliphatic rings. The van der Waals surface area contributed by atoms with Crippen molar-refractivity contribution in [3.63, 3.8) is 0 Å². The highest BCUT2D eigenvalue weighted by Gasteiger charge is 2.34. The van der Waals surface area contributed by atoms with Gasteiger partial charge in [0.2, 0.25) is 5.13 Å². The van der Waals surface area contributed by atoms with Crippen molar-refractivity contribution in [1.82, 2.24) is 9.36 Å². The quantitative estimate of drug-likeness (QED) is 0.863. The van der Waals surface area contributed by atoms with E-state index in [0.29, 0.717) is 0 Å². The van der Waals surface area contributed by atoms with Gasteiger partial charge in [0.1, 0.15) is 5.82 Å². The molecule has 5 heteroatoms. The Hall–Kier alpha value is -0.680. The molecule has 0 aromatic carbocycles. The number of aromatic nitrogens is 2. The van der Waals surface area contributed by atoms with E-state index >= 15 is 0 Å². The zero-order valence-electron chi connectivity index (χ0n) is 11.3. The van der Waals surface area contributed by atoms with Crippen LogP contribution in [0.2, 0.25) is 0 Å². The lowest BCUT2D eigenvalue weighted by Crippen LogP contribution is -2.45. The third kappa shape index (κ3) is 3.20. The molecule has 1 aromatic heterocycles. The third-order valence-electron chi connectivity index (χ3n) is 3.85. The molecule has 1 fully saturated rings. The van der Waals surface area contributed by atoms with Crippen molar-refractivity contribution in [3.05, 3.63) is 5.82 Å². The van der Waals surface area contributed by atoms with Crippen LogP contribution in [0.25, 0.3) is 0 Å². The molecule has 0 bridgehead atoms.